The van der Waals surface area contributed by atoms with Crippen LogP contribution in [-0.2, 0) is 6.42 Å². The lowest BCUT2D eigenvalue weighted by molar-refractivity contribution is -0.0161. The van der Waals surface area contributed by atoms with Crippen molar-refractivity contribution < 1.29 is 5.11 Å². The summed E-state index contributed by atoms with van der Waals surface area (Å²) in [7, 11) is 0. The molecule has 17 heavy (non-hydrogen) atoms. The van der Waals surface area contributed by atoms with Crippen LogP contribution in [0.15, 0.2) is 24.3 Å². The fourth-order valence-electron chi connectivity index (χ4n) is 2.95. The maximum Gasteiger partial charge on any atom is 0.0690 e. The summed E-state index contributed by atoms with van der Waals surface area (Å²) in [4.78, 5) is 0. The van der Waals surface area contributed by atoms with Crippen molar-refractivity contribution in [3.05, 3.63) is 34.9 Å². The van der Waals surface area contributed by atoms with E-state index in [1.807, 2.05) is 24.3 Å². The van der Waals surface area contributed by atoms with Crippen LogP contribution in [0.2, 0.25) is 5.02 Å². The zero-order valence-corrected chi connectivity index (χ0v) is 11.2. The summed E-state index contributed by atoms with van der Waals surface area (Å²) in [5, 5.41) is 11.4. The van der Waals surface area contributed by atoms with Gasteiger partial charge in [-0.15, -0.1) is 0 Å². The molecule has 0 aliphatic heterocycles. The molecule has 1 nitrogen and oxygen atoms in total. The number of hydrogen-bond donors (Lipinski definition) is 1. The minimum atomic E-state index is -0.493. The molecule has 0 saturated heterocycles. The van der Waals surface area contributed by atoms with Gasteiger partial charge in [-0.05, 0) is 36.5 Å². The molecule has 1 aromatic carbocycles. The molecule has 94 valence electrons. The first-order valence-electron chi connectivity index (χ1n) is 6.58. The Hall–Kier alpha value is -0.530. The highest BCUT2D eigenvalue weighted by Gasteiger charge is 2.33. The maximum absolute atomic E-state index is 10.7. The zero-order valence-electron chi connectivity index (χ0n) is 10.5. The van der Waals surface area contributed by atoms with Gasteiger partial charge in [-0.25, -0.2) is 0 Å². The molecule has 0 bridgehead atoms. The van der Waals surface area contributed by atoms with Gasteiger partial charge in [0.15, 0.2) is 0 Å². The van der Waals surface area contributed by atoms with Crippen LogP contribution in [0.25, 0.3) is 0 Å². The van der Waals surface area contributed by atoms with Crippen LogP contribution in [0.4, 0.5) is 0 Å². The second-order valence-corrected chi connectivity index (χ2v) is 5.83. The number of rotatable bonds is 3. The molecule has 2 atom stereocenters. The highest BCUT2D eigenvalue weighted by Crippen LogP contribution is 2.36. The van der Waals surface area contributed by atoms with Crippen LogP contribution in [-0.4, -0.2) is 10.7 Å². The van der Waals surface area contributed by atoms with Crippen LogP contribution in [0.3, 0.4) is 0 Å². The molecule has 2 heteroatoms. The molecular formula is C15H21ClO. The normalized spacial score (nSPS) is 29.2. The Kier molecular flexibility index (Phi) is 4.11. The van der Waals surface area contributed by atoms with Gasteiger partial charge in [0.25, 0.3) is 0 Å². The lowest BCUT2D eigenvalue weighted by atomic mass is 9.74. The van der Waals surface area contributed by atoms with E-state index in [2.05, 4.69) is 6.92 Å². The average Bonchev–Trinajstić information content (AvgIpc) is 2.32. The van der Waals surface area contributed by atoms with E-state index in [0.29, 0.717) is 5.92 Å². The third kappa shape index (κ3) is 3.46. The maximum atomic E-state index is 10.7. The third-order valence-corrected chi connectivity index (χ3v) is 4.20. The average molecular weight is 253 g/mol. The monoisotopic (exact) mass is 252 g/mol. The van der Waals surface area contributed by atoms with Gasteiger partial charge in [-0.3, -0.25) is 0 Å². The summed E-state index contributed by atoms with van der Waals surface area (Å²) >= 11 is 5.87. The SMILES string of the molecule is CCC1CCCC(O)(Cc2ccc(Cl)cc2)C1. The Balaban J connectivity index is 2.03. The van der Waals surface area contributed by atoms with Crippen molar-refractivity contribution in [1.82, 2.24) is 0 Å². The van der Waals surface area contributed by atoms with E-state index >= 15 is 0 Å². The minimum absolute atomic E-state index is 0.493. The van der Waals surface area contributed by atoms with Crippen molar-refractivity contribution in [3.8, 4) is 0 Å². The van der Waals surface area contributed by atoms with Gasteiger partial charge in [-0.1, -0.05) is 49.9 Å². The van der Waals surface area contributed by atoms with Crippen molar-refractivity contribution in [2.24, 2.45) is 5.92 Å². The number of halogens is 1. The molecular weight excluding hydrogens is 232 g/mol. The van der Waals surface area contributed by atoms with Crippen molar-refractivity contribution in [3.63, 3.8) is 0 Å². The summed E-state index contributed by atoms with van der Waals surface area (Å²) in [6.07, 6.45) is 6.27. The zero-order chi connectivity index (χ0) is 12.3. The van der Waals surface area contributed by atoms with E-state index in [4.69, 9.17) is 11.6 Å². The van der Waals surface area contributed by atoms with Crippen LogP contribution in [0.1, 0.15) is 44.6 Å². The number of benzene rings is 1. The van der Waals surface area contributed by atoms with Gasteiger partial charge >= 0.3 is 0 Å². The Bertz CT molecular complexity index is 360. The van der Waals surface area contributed by atoms with Gasteiger partial charge in [0.2, 0.25) is 0 Å². The van der Waals surface area contributed by atoms with Crippen LogP contribution in [0, 0.1) is 5.92 Å². The van der Waals surface area contributed by atoms with Crippen LogP contribution < -0.4 is 0 Å². The molecule has 2 rings (SSSR count). The summed E-state index contributed by atoms with van der Waals surface area (Å²) in [6.45, 7) is 2.22. The van der Waals surface area contributed by atoms with E-state index in [0.717, 1.165) is 30.7 Å². The summed E-state index contributed by atoms with van der Waals surface area (Å²) in [6, 6.07) is 7.85. The largest absolute Gasteiger partial charge is 0.390 e. The predicted octanol–water partition coefficient (Wildman–Crippen LogP) is 4.21. The van der Waals surface area contributed by atoms with Crippen LogP contribution in [0.5, 0.6) is 0 Å². The molecule has 1 aliphatic rings. The molecule has 1 fully saturated rings. The molecule has 1 saturated carbocycles. The minimum Gasteiger partial charge on any atom is -0.390 e. The van der Waals surface area contributed by atoms with E-state index in [9.17, 15) is 5.11 Å². The molecule has 0 heterocycles. The Morgan fingerprint density at radius 3 is 2.71 bits per heavy atom. The van der Waals surface area contributed by atoms with E-state index < -0.39 is 5.60 Å². The molecule has 1 aromatic rings. The fourth-order valence-corrected chi connectivity index (χ4v) is 3.08. The quantitative estimate of drug-likeness (QED) is 0.854. The second kappa shape index (κ2) is 5.41. The lowest BCUT2D eigenvalue weighted by Gasteiger charge is -2.36. The Morgan fingerprint density at radius 1 is 1.35 bits per heavy atom. The first kappa shape index (κ1) is 12.9. The molecule has 0 spiro atoms. The molecule has 0 aromatic heterocycles. The highest BCUT2D eigenvalue weighted by atomic mass is 35.5. The number of hydrogen-bond acceptors (Lipinski definition) is 1. The standard InChI is InChI=1S/C15H21ClO/c1-2-12-4-3-9-15(17,10-12)11-13-5-7-14(16)8-6-13/h5-8,12,17H,2-4,9-11H2,1H3. The lowest BCUT2D eigenvalue weighted by Crippen LogP contribution is -2.37. The summed E-state index contributed by atoms with van der Waals surface area (Å²) in [5.74, 6) is 0.695. The molecule has 0 amide bonds. The van der Waals surface area contributed by atoms with Gasteiger partial charge in [0.05, 0.1) is 5.60 Å². The van der Waals surface area contributed by atoms with Gasteiger partial charge < -0.3 is 5.11 Å². The topological polar surface area (TPSA) is 20.2 Å². The molecule has 1 aliphatic carbocycles. The molecule has 0 radical (unpaired) electrons. The van der Waals surface area contributed by atoms with Crippen molar-refractivity contribution in [2.75, 3.05) is 0 Å². The first-order chi connectivity index (χ1) is 8.11. The van der Waals surface area contributed by atoms with E-state index in [-0.39, 0.29) is 0 Å². The van der Waals surface area contributed by atoms with Crippen molar-refractivity contribution in [2.45, 2.75) is 51.0 Å². The smallest absolute Gasteiger partial charge is 0.0690 e. The Morgan fingerprint density at radius 2 is 2.06 bits per heavy atom. The molecule has 1 N–H and O–H groups in total. The fraction of sp³-hybridized carbons (Fsp3) is 0.600. The number of aliphatic hydroxyl groups is 1. The highest BCUT2D eigenvalue weighted by molar-refractivity contribution is 6.30. The van der Waals surface area contributed by atoms with Crippen LogP contribution >= 0.6 is 11.6 Å². The van der Waals surface area contributed by atoms with E-state index in [1.165, 1.54) is 18.4 Å². The molecule has 2 unspecified atom stereocenters. The third-order valence-electron chi connectivity index (χ3n) is 3.95. The summed E-state index contributed by atoms with van der Waals surface area (Å²) < 4.78 is 0. The van der Waals surface area contributed by atoms with Gasteiger partial charge in [0, 0.05) is 11.4 Å². The second-order valence-electron chi connectivity index (χ2n) is 5.40. The van der Waals surface area contributed by atoms with Gasteiger partial charge in [0.1, 0.15) is 0 Å². The Labute approximate surface area is 109 Å². The van der Waals surface area contributed by atoms with Gasteiger partial charge in [-0.2, -0.15) is 0 Å². The van der Waals surface area contributed by atoms with Crippen molar-refractivity contribution in [1.29, 1.82) is 0 Å². The summed E-state index contributed by atoms with van der Waals surface area (Å²) in [5.41, 5.74) is 0.695. The first-order valence-corrected chi connectivity index (χ1v) is 6.96. The predicted molar refractivity (Wildman–Crippen MR) is 72.4 cm³/mol. The van der Waals surface area contributed by atoms with E-state index in [1.54, 1.807) is 0 Å². The van der Waals surface area contributed by atoms with Crippen molar-refractivity contribution >= 4 is 11.6 Å².